The summed E-state index contributed by atoms with van der Waals surface area (Å²) in [5.74, 6) is -0.974. The van der Waals surface area contributed by atoms with Crippen molar-refractivity contribution in [3.05, 3.63) is 105 Å². The Bertz CT molecular complexity index is 1510. The van der Waals surface area contributed by atoms with Gasteiger partial charge in [0, 0.05) is 31.1 Å². The topological polar surface area (TPSA) is 130 Å². The van der Waals surface area contributed by atoms with E-state index in [1.54, 1.807) is 6.92 Å². The van der Waals surface area contributed by atoms with Gasteiger partial charge in [-0.05, 0) is 43.9 Å². The highest BCUT2D eigenvalue weighted by Crippen LogP contribution is 2.28. The Hall–Kier alpha value is -4.25. The van der Waals surface area contributed by atoms with Crippen LogP contribution in [0.4, 0.5) is 11.4 Å². The van der Waals surface area contributed by atoms with Crippen molar-refractivity contribution < 1.29 is 22.9 Å². The van der Waals surface area contributed by atoms with Crippen LogP contribution in [0.1, 0.15) is 42.5 Å². The number of rotatable bonds is 13. The zero-order valence-corrected chi connectivity index (χ0v) is 25.4. The third-order valence-electron chi connectivity index (χ3n) is 7.10. The molecule has 0 saturated carbocycles. The summed E-state index contributed by atoms with van der Waals surface area (Å²) < 4.78 is 26.9. The lowest BCUT2D eigenvalue weighted by molar-refractivity contribution is -0.384. The molecule has 0 unspecified atom stereocenters. The van der Waals surface area contributed by atoms with E-state index in [1.807, 2.05) is 75.4 Å². The monoisotopic (exact) mass is 594 g/mol. The van der Waals surface area contributed by atoms with Crippen LogP contribution in [0.2, 0.25) is 0 Å². The molecule has 11 heteroatoms. The molecule has 10 nitrogen and oxygen atoms in total. The van der Waals surface area contributed by atoms with E-state index in [-0.39, 0.29) is 36.3 Å². The first kappa shape index (κ1) is 32.3. The van der Waals surface area contributed by atoms with E-state index in [4.69, 9.17) is 0 Å². The lowest BCUT2D eigenvalue weighted by Gasteiger charge is -2.34. The molecular formula is C31H38N4O6S. The van der Waals surface area contributed by atoms with Gasteiger partial charge in [0.2, 0.25) is 21.8 Å². The van der Waals surface area contributed by atoms with Crippen molar-refractivity contribution in [2.24, 2.45) is 0 Å². The molecule has 0 radical (unpaired) electrons. The van der Waals surface area contributed by atoms with E-state index in [1.165, 1.54) is 17.0 Å². The van der Waals surface area contributed by atoms with E-state index in [0.29, 0.717) is 12.0 Å². The Balaban J connectivity index is 2.10. The molecule has 0 heterocycles. The molecule has 3 aromatic carbocycles. The minimum absolute atomic E-state index is 0.0269. The highest BCUT2D eigenvalue weighted by Gasteiger charge is 2.34. The fourth-order valence-electron chi connectivity index (χ4n) is 4.46. The third-order valence-corrected chi connectivity index (χ3v) is 8.22. The average Bonchev–Trinajstić information content (AvgIpc) is 2.94. The molecular weight excluding hydrogens is 556 g/mol. The number of nitro groups is 1. The van der Waals surface area contributed by atoms with Crippen LogP contribution >= 0.6 is 0 Å². The SMILES string of the molecule is CC[C@H](C)NC(=O)[C@H](Cc1ccccc1)N(Cc1ccc(C)cc1)C(=O)CN(c1cc([N+](=O)[O-])ccc1C)S(C)(=O)=O. The van der Waals surface area contributed by atoms with E-state index in [9.17, 15) is 28.1 Å². The number of carbonyl (C=O) groups is 2. The van der Waals surface area contributed by atoms with Crippen molar-refractivity contribution in [1.82, 2.24) is 10.2 Å². The standard InChI is InChI=1S/C31H38N4O6S/c1-6-24(4)32-31(37)29(18-25-10-8-7-9-11-25)33(20-26-15-12-22(2)13-16-26)30(36)21-34(42(5,40)41)28-19-27(35(38)39)17-14-23(28)3/h7-17,19,24,29H,6,18,20-21H2,1-5H3,(H,32,37)/t24-,29-/m0/s1. The van der Waals surface area contributed by atoms with Gasteiger partial charge in [-0.2, -0.15) is 0 Å². The summed E-state index contributed by atoms with van der Waals surface area (Å²) in [6.07, 6.45) is 1.83. The summed E-state index contributed by atoms with van der Waals surface area (Å²) in [7, 11) is -4.06. The number of benzene rings is 3. The molecule has 0 aliphatic heterocycles. The minimum Gasteiger partial charge on any atom is -0.352 e. The fourth-order valence-corrected chi connectivity index (χ4v) is 5.36. The highest BCUT2D eigenvalue weighted by molar-refractivity contribution is 7.92. The van der Waals surface area contributed by atoms with E-state index in [0.717, 1.165) is 33.3 Å². The summed E-state index contributed by atoms with van der Waals surface area (Å²) in [6, 6.07) is 19.6. The molecule has 0 saturated heterocycles. The summed E-state index contributed by atoms with van der Waals surface area (Å²) in [5.41, 5.74) is 2.79. The van der Waals surface area contributed by atoms with Crippen molar-refractivity contribution >= 4 is 33.2 Å². The first-order valence-electron chi connectivity index (χ1n) is 13.7. The van der Waals surface area contributed by atoms with Crippen LogP contribution < -0.4 is 9.62 Å². The van der Waals surface area contributed by atoms with Crippen LogP contribution in [0.3, 0.4) is 0 Å². The fraction of sp³-hybridized carbons (Fsp3) is 0.355. The van der Waals surface area contributed by atoms with Gasteiger partial charge >= 0.3 is 0 Å². The molecule has 3 rings (SSSR count). The van der Waals surface area contributed by atoms with Crippen LogP contribution in [0.15, 0.2) is 72.8 Å². The average molecular weight is 595 g/mol. The van der Waals surface area contributed by atoms with Gasteiger partial charge in [0.15, 0.2) is 0 Å². The zero-order chi connectivity index (χ0) is 31.0. The molecule has 0 aliphatic rings. The molecule has 3 aromatic rings. The van der Waals surface area contributed by atoms with Crippen molar-refractivity contribution in [2.45, 2.75) is 59.2 Å². The number of aryl methyl sites for hydroxylation is 2. The van der Waals surface area contributed by atoms with Crippen LogP contribution in [0, 0.1) is 24.0 Å². The number of sulfonamides is 1. The van der Waals surface area contributed by atoms with Crippen molar-refractivity contribution in [1.29, 1.82) is 0 Å². The number of hydrogen-bond donors (Lipinski definition) is 1. The van der Waals surface area contributed by atoms with Gasteiger partial charge in [-0.25, -0.2) is 8.42 Å². The van der Waals surface area contributed by atoms with Crippen molar-refractivity contribution in [3.63, 3.8) is 0 Å². The van der Waals surface area contributed by atoms with Gasteiger partial charge in [0.1, 0.15) is 12.6 Å². The molecule has 0 bridgehead atoms. The van der Waals surface area contributed by atoms with Gasteiger partial charge in [-0.15, -0.1) is 0 Å². The predicted octanol–water partition coefficient (Wildman–Crippen LogP) is 4.53. The van der Waals surface area contributed by atoms with E-state index >= 15 is 0 Å². The number of nitrogens with zero attached hydrogens (tertiary/aromatic N) is 3. The zero-order valence-electron chi connectivity index (χ0n) is 24.6. The summed E-state index contributed by atoms with van der Waals surface area (Å²) in [4.78, 5) is 40.1. The Morgan fingerprint density at radius 2 is 1.62 bits per heavy atom. The lowest BCUT2D eigenvalue weighted by atomic mass is 10.0. The normalized spacial score (nSPS) is 12.7. The molecule has 42 heavy (non-hydrogen) atoms. The summed E-state index contributed by atoms with van der Waals surface area (Å²) >= 11 is 0. The number of nitrogens with one attached hydrogen (secondary N) is 1. The maximum Gasteiger partial charge on any atom is 0.271 e. The molecule has 0 aliphatic carbocycles. The number of amides is 2. The number of non-ortho nitro benzene ring substituents is 1. The summed E-state index contributed by atoms with van der Waals surface area (Å²) in [5, 5.41) is 14.4. The Kier molecular flexibility index (Phi) is 10.8. The molecule has 224 valence electrons. The van der Waals surface area contributed by atoms with Gasteiger partial charge in [-0.3, -0.25) is 24.0 Å². The molecule has 2 amide bonds. The second kappa shape index (κ2) is 14.1. The number of anilines is 1. The molecule has 0 aromatic heterocycles. The van der Waals surface area contributed by atoms with Gasteiger partial charge in [0.25, 0.3) is 5.69 Å². The summed E-state index contributed by atoms with van der Waals surface area (Å²) in [6.45, 7) is 6.78. The predicted molar refractivity (Wildman–Crippen MR) is 164 cm³/mol. The van der Waals surface area contributed by atoms with Crippen molar-refractivity contribution in [3.8, 4) is 0 Å². The Morgan fingerprint density at radius 3 is 2.19 bits per heavy atom. The van der Waals surface area contributed by atoms with Crippen LogP contribution in [0.25, 0.3) is 0 Å². The first-order chi connectivity index (χ1) is 19.8. The highest BCUT2D eigenvalue weighted by atomic mass is 32.2. The van der Waals surface area contributed by atoms with E-state index in [2.05, 4.69) is 5.32 Å². The maximum atomic E-state index is 14.2. The second-order valence-corrected chi connectivity index (χ2v) is 12.4. The van der Waals surface area contributed by atoms with Gasteiger partial charge in [-0.1, -0.05) is 73.2 Å². The number of nitro benzene ring substituents is 1. The number of carbonyl (C=O) groups excluding carboxylic acids is 2. The molecule has 0 fully saturated rings. The lowest BCUT2D eigenvalue weighted by Crippen LogP contribution is -2.54. The second-order valence-electron chi connectivity index (χ2n) is 10.5. The van der Waals surface area contributed by atoms with Crippen LogP contribution in [0.5, 0.6) is 0 Å². The van der Waals surface area contributed by atoms with Gasteiger partial charge < -0.3 is 10.2 Å². The molecule has 2 atom stereocenters. The minimum atomic E-state index is -4.06. The smallest absolute Gasteiger partial charge is 0.271 e. The van der Waals surface area contributed by atoms with E-state index < -0.39 is 33.4 Å². The Morgan fingerprint density at radius 1 is 0.976 bits per heavy atom. The van der Waals surface area contributed by atoms with Crippen molar-refractivity contribution in [2.75, 3.05) is 17.1 Å². The quantitative estimate of drug-likeness (QED) is 0.229. The molecule has 0 spiro atoms. The van der Waals surface area contributed by atoms with Crippen LogP contribution in [-0.4, -0.2) is 54.9 Å². The molecule has 1 N–H and O–H groups in total. The first-order valence-corrected chi connectivity index (χ1v) is 15.6. The third kappa shape index (κ3) is 8.62. The largest absolute Gasteiger partial charge is 0.352 e. The van der Waals surface area contributed by atoms with Crippen LogP contribution in [-0.2, 0) is 32.6 Å². The van der Waals surface area contributed by atoms with Gasteiger partial charge in [0.05, 0.1) is 16.9 Å². The Labute approximate surface area is 247 Å². The maximum absolute atomic E-state index is 14.2. The number of hydrogen-bond acceptors (Lipinski definition) is 6.